The number of aliphatic hydroxyl groups excluding tert-OH is 9. The van der Waals surface area contributed by atoms with Gasteiger partial charge in [0, 0.05) is 0 Å². The van der Waals surface area contributed by atoms with Gasteiger partial charge in [-0.1, -0.05) is 0 Å². The number of hydrogen-bond donors (Lipinski definition) is 11. The van der Waals surface area contributed by atoms with E-state index >= 15 is 0 Å². The van der Waals surface area contributed by atoms with Crippen LogP contribution < -0.4 is 5.73 Å². The van der Waals surface area contributed by atoms with E-state index in [0.717, 1.165) is 0 Å². The number of aliphatic hydroxyl groups is 10. The molecule has 144 valence electrons. The van der Waals surface area contributed by atoms with Gasteiger partial charge in [-0.25, -0.2) is 0 Å². The molecular weight excluding hydrogens is 334 g/mol. The highest BCUT2D eigenvalue weighted by molar-refractivity contribution is 5.04. The lowest BCUT2D eigenvalue weighted by atomic mass is 9.84. The Bertz CT molecular complexity index is 397. The first-order chi connectivity index (χ1) is 11.0. The van der Waals surface area contributed by atoms with Gasteiger partial charge in [-0.3, -0.25) is 5.73 Å². The van der Waals surface area contributed by atoms with Gasteiger partial charge in [0.25, 0.3) is 0 Å². The van der Waals surface area contributed by atoms with E-state index in [9.17, 15) is 40.9 Å². The highest BCUT2D eigenvalue weighted by Gasteiger charge is 2.56. The molecule has 12 nitrogen and oxygen atoms in total. The van der Waals surface area contributed by atoms with E-state index in [4.69, 9.17) is 20.7 Å². The molecule has 0 spiro atoms. The normalized spacial score (nSPS) is 40.6. The predicted molar refractivity (Wildman–Crippen MR) is 74.0 cm³/mol. The van der Waals surface area contributed by atoms with Crippen molar-refractivity contribution in [3.63, 3.8) is 0 Å². The molecule has 0 amide bonds. The summed E-state index contributed by atoms with van der Waals surface area (Å²) in [4.78, 5) is 0. The van der Waals surface area contributed by atoms with E-state index in [2.05, 4.69) is 0 Å². The number of ether oxygens (including phenoxy) is 1. The minimum atomic E-state index is -2.77. The summed E-state index contributed by atoms with van der Waals surface area (Å²) in [6, 6.07) is 0. The number of rotatable bonds is 7. The Balaban J connectivity index is 2.96. The maximum atomic E-state index is 10.1. The van der Waals surface area contributed by atoms with Crippen molar-refractivity contribution in [1.29, 1.82) is 0 Å². The molecule has 1 fully saturated rings. The summed E-state index contributed by atoms with van der Waals surface area (Å²) in [7, 11) is 0. The average Bonchev–Trinajstić information content (AvgIpc) is 2.56. The number of hydrogen-bond acceptors (Lipinski definition) is 12. The monoisotopic (exact) mass is 359 g/mol. The minimum absolute atomic E-state index is 0.817. The standard InChI is InChI=1S/C12H25NO11/c13-12(23)10(22)6(18)4(2-15)24-11(12)9(21)8(20)7(19)5(17)3(16)1-14/h3-11,14-23H,1-2,13H2/t3-,4-,5-,6-,7+,8+,9?,10+,11?,12-/m1/s1. The lowest BCUT2D eigenvalue weighted by Crippen LogP contribution is -2.75. The van der Waals surface area contributed by atoms with Crippen LogP contribution in [0.5, 0.6) is 0 Å². The fourth-order valence-electron chi connectivity index (χ4n) is 2.45. The van der Waals surface area contributed by atoms with Crippen LogP contribution in [0.2, 0.25) is 0 Å². The lowest BCUT2D eigenvalue weighted by Gasteiger charge is -2.48. The summed E-state index contributed by atoms with van der Waals surface area (Å²) in [5.41, 5.74) is 2.64. The van der Waals surface area contributed by atoms with Gasteiger partial charge in [0.15, 0.2) is 5.72 Å². The van der Waals surface area contributed by atoms with Crippen molar-refractivity contribution in [3.8, 4) is 0 Å². The molecule has 0 bridgehead atoms. The van der Waals surface area contributed by atoms with Crippen LogP contribution in [0.3, 0.4) is 0 Å². The molecule has 12 heteroatoms. The molecule has 0 saturated carbocycles. The molecule has 0 aromatic rings. The molecule has 1 aliphatic rings. The van der Waals surface area contributed by atoms with Crippen molar-refractivity contribution in [1.82, 2.24) is 0 Å². The molecule has 0 aromatic carbocycles. The summed E-state index contributed by atoms with van der Waals surface area (Å²) in [5, 5.41) is 95.7. The zero-order valence-corrected chi connectivity index (χ0v) is 12.6. The Labute approximate surface area is 136 Å². The SMILES string of the molecule is N[C@]1(O)C(C(O)[C@@H](O)[C@@H](O)[C@H](O)[C@H](O)CO)O[C@H](CO)[C@@H](O)[C@@H]1O. The van der Waals surface area contributed by atoms with E-state index < -0.39 is 73.9 Å². The third kappa shape index (κ3) is 4.01. The van der Waals surface area contributed by atoms with Crippen molar-refractivity contribution in [2.45, 2.75) is 60.7 Å². The average molecular weight is 359 g/mol. The molecule has 24 heavy (non-hydrogen) atoms. The van der Waals surface area contributed by atoms with Gasteiger partial charge in [-0.05, 0) is 0 Å². The molecular formula is C12H25NO11. The number of nitrogens with two attached hydrogens (primary N) is 1. The summed E-state index contributed by atoms with van der Waals surface area (Å²) in [6.45, 7) is -1.76. The summed E-state index contributed by atoms with van der Waals surface area (Å²) >= 11 is 0. The van der Waals surface area contributed by atoms with Crippen LogP contribution in [0.4, 0.5) is 0 Å². The van der Waals surface area contributed by atoms with Crippen molar-refractivity contribution in [2.24, 2.45) is 5.73 Å². The van der Waals surface area contributed by atoms with Crippen LogP contribution in [-0.4, -0.2) is 125 Å². The zero-order valence-electron chi connectivity index (χ0n) is 12.6. The van der Waals surface area contributed by atoms with Crippen molar-refractivity contribution >= 4 is 0 Å². The fourth-order valence-corrected chi connectivity index (χ4v) is 2.45. The Morgan fingerprint density at radius 3 is 1.96 bits per heavy atom. The van der Waals surface area contributed by atoms with Crippen molar-refractivity contribution in [2.75, 3.05) is 13.2 Å². The molecule has 1 aliphatic heterocycles. The maximum Gasteiger partial charge on any atom is 0.171 e. The Hall–Kier alpha value is -0.480. The lowest BCUT2D eigenvalue weighted by molar-refractivity contribution is -0.302. The van der Waals surface area contributed by atoms with Crippen molar-refractivity contribution in [3.05, 3.63) is 0 Å². The smallest absolute Gasteiger partial charge is 0.171 e. The molecule has 0 radical (unpaired) electrons. The van der Waals surface area contributed by atoms with E-state index in [1.807, 2.05) is 0 Å². The third-order valence-electron chi connectivity index (χ3n) is 4.08. The van der Waals surface area contributed by atoms with E-state index in [1.165, 1.54) is 0 Å². The quantitative estimate of drug-likeness (QED) is 0.190. The largest absolute Gasteiger partial charge is 0.394 e. The first-order valence-corrected chi connectivity index (χ1v) is 7.15. The molecule has 1 saturated heterocycles. The Kier molecular flexibility index (Phi) is 7.43. The van der Waals surface area contributed by atoms with Gasteiger partial charge in [0.2, 0.25) is 0 Å². The zero-order chi connectivity index (χ0) is 18.8. The second kappa shape index (κ2) is 8.27. The van der Waals surface area contributed by atoms with E-state index in [1.54, 1.807) is 0 Å². The second-order valence-electron chi connectivity index (χ2n) is 5.81. The van der Waals surface area contributed by atoms with Crippen LogP contribution in [0.25, 0.3) is 0 Å². The molecule has 2 unspecified atom stereocenters. The van der Waals surface area contributed by atoms with Gasteiger partial charge >= 0.3 is 0 Å². The van der Waals surface area contributed by atoms with E-state index in [0.29, 0.717) is 0 Å². The predicted octanol–water partition coefficient (Wildman–Crippen LogP) is -7.09. The molecule has 0 aliphatic carbocycles. The Morgan fingerprint density at radius 1 is 0.958 bits per heavy atom. The van der Waals surface area contributed by atoms with Crippen LogP contribution in [0, 0.1) is 0 Å². The first-order valence-electron chi connectivity index (χ1n) is 7.15. The van der Waals surface area contributed by atoms with Gasteiger partial charge in [-0.2, -0.15) is 0 Å². The molecule has 1 rings (SSSR count). The maximum absolute atomic E-state index is 10.1. The second-order valence-corrected chi connectivity index (χ2v) is 5.81. The van der Waals surface area contributed by atoms with Crippen LogP contribution in [-0.2, 0) is 4.74 Å². The molecule has 1 heterocycles. The highest BCUT2D eigenvalue weighted by Crippen LogP contribution is 2.30. The first kappa shape index (κ1) is 21.6. The summed E-state index contributed by atoms with van der Waals surface area (Å²) in [6.07, 6.45) is -17.8. The molecule has 0 aromatic heterocycles. The van der Waals surface area contributed by atoms with Crippen LogP contribution >= 0.6 is 0 Å². The van der Waals surface area contributed by atoms with Crippen LogP contribution in [0.1, 0.15) is 0 Å². The highest BCUT2D eigenvalue weighted by atomic mass is 16.6. The fraction of sp³-hybridized carbons (Fsp3) is 1.00. The minimum Gasteiger partial charge on any atom is -0.394 e. The summed E-state index contributed by atoms with van der Waals surface area (Å²) < 4.78 is 4.98. The van der Waals surface area contributed by atoms with Crippen LogP contribution in [0.15, 0.2) is 0 Å². The van der Waals surface area contributed by atoms with E-state index in [-0.39, 0.29) is 0 Å². The topological polar surface area (TPSA) is 238 Å². The van der Waals surface area contributed by atoms with Gasteiger partial charge < -0.3 is 55.8 Å². The molecule has 10 atom stereocenters. The van der Waals surface area contributed by atoms with Gasteiger partial charge in [0.05, 0.1) is 13.2 Å². The van der Waals surface area contributed by atoms with Crippen molar-refractivity contribution < 1.29 is 55.8 Å². The summed E-state index contributed by atoms with van der Waals surface area (Å²) in [5.74, 6) is 0. The molecule has 12 N–H and O–H groups in total. The van der Waals surface area contributed by atoms with Gasteiger partial charge in [0.1, 0.15) is 54.9 Å². The van der Waals surface area contributed by atoms with Gasteiger partial charge in [-0.15, -0.1) is 0 Å². The third-order valence-corrected chi connectivity index (χ3v) is 4.08. The Morgan fingerprint density at radius 2 is 1.50 bits per heavy atom.